The van der Waals surface area contributed by atoms with E-state index in [4.69, 9.17) is 9.72 Å². The van der Waals surface area contributed by atoms with Gasteiger partial charge in [-0.25, -0.2) is 0 Å². The lowest BCUT2D eigenvalue weighted by molar-refractivity contribution is 0.327. The van der Waals surface area contributed by atoms with Crippen LogP contribution in [-0.4, -0.2) is 16.2 Å². The molecule has 5 nitrogen and oxygen atoms in total. The van der Waals surface area contributed by atoms with Gasteiger partial charge in [0.2, 0.25) is 5.88 Å². The van der Waals surface area contributed by atoms with Gasteiger partial charge in [-0.2, -0.15) is 4.98 Å². The van der Waals surface area contributed by atoms with Gasteiger partial charge in [0.25, 0.3) is 0 Å². The molecule has 2 heterocycles. The highest BCUT2D eigenvalue weighted by atomic mass is 16.5. The largest absolute Gasteiger partial charge is 0.478 e. The molecule has 0 spiro atoms. The maximum atomic E-state index is 13.4. The van der Waals surface area contributed by atoms with Crippen molar-refractivity contribution in [1.29, 1.82) is 0 Å². The molecule has 152 valence electrons. The first-order valence-corrected chi connectivity index (χ1v) is 10.2. The normalized spacial score (nSPS) is 10.9. The summed E-state index contributed by atoms with van der Waals surface area (Å²) < 4.78 is 7.74. The Hall–Kier alpha value is -3.60. The van der Waals surface area contributed by atoms with Crippen LogP contribution in [0.5, 0.6) is 5.88 Å². The van der Waals surface area contributed by atoms with Gasteiger partial charge in [0.1, 0.15) is 5.82 Å². The van der Waals surface area contributed by atoms with Crippen LogP contribution >= 0.6 is 0 Å². The second-order valence-corrected chi connectivity index (χ2v) is 7.07. The molecule has 1 N–H and O–H groups in total. The Bertz CT molecular complexity index is 1230. The summed E-state index contributed by atoms with van der Waals surface area (Å²) in [5, 5.41) is 4.08. The molecule has 4 aromatic rings. The number of anilines is 2. The van der Waals surface area contributed by atoms with Crippen molar-refractivity contribution in [2.45, 2.75) is 27.2 Å². The molecule has 4 rings (SSSR count). The lowest BCUT2D eigenvalue weighted by Crippen LogP contribution is -2.19. The predicted molar refractivity (Wildman–Crippen MR) is 122 cm³/mol. The fourth-order valence-electron chi connectivity index (χ4n) is 3.67. The highest BCUT2D eigenvalue weighted by molar-refractivity contribution is 5.86. The number of hydrogen-bond donors (Lipinski definition) is 1. The Morgan fingerprint density at radius 3 is 2.30 bits per heavy atom. The molecule has 0 aliphatic heterocycles. The van der Waals surface area contributed by atoms with Crippen molar-refractivity contribution >= 4 is 22.5 Å². The monoisotopic (exact) mass is 399 g/mol. The maximum absolute atomic E-state index is 13.4. The van der Waals surface area contributed by atoms with E-state index in [0.29, 0.717) is 41.3 Å². The summed E-state index contributed by atoms with van der Waals surface area (Å²) >= 11 is 0. The Morgan fingerprint density at radius 1 is 1.00 bits per heavy atom. The van der Waals surface area contributed by atoms with E-state index in [1.165, 1.54) is 0 Å². The zero-order chi connectivity index (χ0) is 21.1. The number of rotatable bonds is 6. The lowest BCUT2D eigenvalue weighted by Gasteiger charge is -2.21. The zero-order valence-electron chi connectivity index (χ0n) is 17.5. The molecule has 0 radical (unpaired) electrons. The van der Waals surface area contributed by atoms with Gasteiger partial charge in [-0.1, -0.05) is 43.3 Å². The number of benzene rings is 2. The third-order valence-electron chi connectivity index (χ3n) is 5.14. The first kappa shape index (κ1) is 19.7. The SMILES string of the molecule is CCOc1cc(CC)c2c(=O)c(C)c(Nc3ccccc3)n(-c3ccccc3)c2n1. The quantitative estimate of drug-likeness (QED) is 0.472. The van der Waals surface area contributed by atoms with Gasteiger partial charge in [0, 0.05) is 23.0 Å². The molecule has 0 fully saturated rings. The lowest BCUT2D eigenvalue weighted by atomic mass is 10.1. The van der Waals surface area contributed by atoms with Crippen LogP contribution in [0.2, 0.25) is 0 Å². The summed E-state index contributed by atoms with van der Waals surface area (Å²) in [6, 6.07) is 21.7. The minimum Gasteiger partial charge on any atom is -0.478 e. The van der Waals surface area contributed by atoms with Crippen molar-refractivity contribution in [1.82, 2.24) is 9.55 Å². The average molecular weight is 399 g/mol. The Morgan fingerprint density at radius 2 is 1.67 bits per heavy atom. The van der Waals surface area contributed by atoms with Crippen LogP contribution in [0.1, 0.15) is 25.0 Å². The van der Waals surface area contributed by atoms with Gasteiger partial charge in [0.05, 0.1) is 12.0 Å². The highest BCUT2D eigenvalue weighted by Crippen LogP contribution is 2.30. The molecular formula is C25H25N3O2. The van der Waals surface area contributed by atoms with Crippen LogP contribution in [0.4, 0.5) is 11.5 Å². The van der Waals surface area contributed by atoms with Crippen LogP contribution in [0.15, 0.2) is 71.5 Å². The molecule has 0 aliphatic carbocycles. The van der Waals surface area contributed by atoms with E-state index < -0.39 is 0 Å². The van der Waals surface area contributed by atoms with Crippen LogP contribution in [0, 0.1) is 6.92 Å². The van der Waals surface area contributed by atoms with Crippen molar-refractivity contribution in [3.05, 3.63) is 88.1 Å². The second-order valence-electron chi connectivity index (χ2n) is 7.07. The van der Waals surface area contributed by atoms with E-state index in [9.17, 15) is 4.79 Å². The Balaban J connectivity index is 2.12. The van der Waals surface area contributed by atoms with E-state index in [-0.39, 0.29) is 5.43 Å². The summed E-state index contributed by atoms with van der Waals surface area (Å²) in [6.45, 7) is 6.35. The molecule has 0 bridgehead atoms. The molecular weight excluding hydrogens is 374 g/mol. The van der Waals surface area contributed by atoms with Gasteiger partial charge in [-0.05, 0) is 50.1 Å². The second kappa shape index (κ2) is 8.41. The first-order valence-electron chi connectivity index (χ1n) is 10.2. The third kappa shape index (κ3) is 3.54. The van der Waals surface area contributed by atoms with Crippen LogP contribution < -0.4 is 15.5 Å². The van der Waals surface area contributed by atoms with Gasteiger partial charge in [-0.3, -0.25) is 9.36 Å². The minimum atomic E-state index is -0.0111. The van der Waals surface area contributed by atoms with Crippen molar-refractivity contribution < 1.29 is 4.74 Å². The van der Waals surface area contributed by atoms with E-state index >= 15 is 0 Å². The molecule has 0 aliphatic rings. The van der Waals surface area contributed by atoms with E-state index in [1.54, 1.807) is 0 Å². The van der Waals surface area contributed by atoms with Gasteiger partial charge in [0.15, 0.2) is 11.1 Å². The number of nitrogens with zero attached hydrogens (tertiary/aromatic N) is 2. The fourth-order valence-corrected chi connectivity index (χ4v) is 3.67. The van der Waals surface area contributed by atoms with Crippen LogP contribution in [-0.2, 0) is 6.42 Å². The number of pyridine rings is 2. The number of hydrogen-bond acceptors (Lipinski definition) is 4. The summed E-state index contributed by atoms with van der Waals surface area (Å²) in [5.74, 6) is 1.23. The first-order chi connectivity index (χ1) is 14.6. The maximum Gasteiger partial charge on any atom is 0.215 e. The summed E-state index contributed by atoms with van der Waals surface area (Å²) in [6.07, 6.45) is 0.716. The molecule has 0 saturated carbocycles. The van der Waals surface area contributed by atoms with Gasteiger partial charge < -0.3 is 10.1 Å². The summed E-state index contributed by atoms with van der Waals surface area (Å²) in [4.78, 5) is 18.2. The number of nitrogens with one attached hydrogen (secondary N) is 1. The number of aromatic nitrogens is 2. The molecule has 0 atom stereocenters. The smallest absolute Gasteiger partial charge is 0.215 e. The highest BCUT2D eigenvalue weighted by Gasteiger charge is 2.20. The number of fused-ring (bicyclic) bond motifs is 1. The van der Waals surface area contributed by atoms with Crippen molar-refractivity contribution in [3.63, 3.8) is 0 Å². The third-order valence-corrected chi connectivity index (χ3v) is 5.14. The van der Waals surface area contributed by atoms with Gasteiger partial charge >= 0.3 is 0 Å². The Kier molecular flexibility index (Phi) is 5.53. The predicted octanol–water partition coefficient (Wildman–Crippen LogP) is 5.40. The summed E-state index contributed by atoms with van der Waals surface area (Å²) in [7, 11) is 0. The number of ether oxygens (including phenoxy) is 1. The number of aryl methyl sites for hydroxylation is 1. The van der Waals surface area contributed by atoms with Gasteiger partial charge in [-0.15, -0.1) is 0 Å². The molecule has 0 amide bonds. The van der Waals surface area contributed by atoms with Crippen molar-refractivity contribution in [2.24, 2.45) is 0 Å². The molecule has 0 unspecified atom stereocenters. The van der Waals surface area contributed by atoms with Crippen molar-refractivity contribution in [3.8, 4) is 11.6 Å². The van der Waals surface area contributed by atoms with E-state index in [2.05, 4.69) is 5.32 Å². The topological polar surface area (TPSA) is 56.1 Å². The average Bonchev–Trinajstić information content (AvgIpc) is 2.78. The molecule has 30 heavy (non-hydrogen) atoms. The van der Waals surface area contributed by atoms with E-state index in [0.717, 1.165) is 16.9 Å². The van der Waals surface area contributed by atoms with E-state index in [1.807, 2.05) is 92.1 Å². The van der Waals surface area contributed by atoms with Crippen LogP contribution in [0.3, 0.4) is 0 Å². The number of para-hydroxylation sites is 2. The van der Waals surface area contributed by atoms with Crippen molar-refractivity contribution in [2.75, 3.05) is 11.9 Å². The standard InChI is InChI=1S/C25H25N3O2/c1-4-18-16-21(30-5-2)27-25-22(18)23(29)17(3)24(26-19-12-8-6-9-13-19)28(25)20-14-10-7-11-15-20/h6-16,26H,4-5H2,1-3H3. The molecule has 2 aromatic carbocycles. The van der Waals surface area contributed by atoms with Crippen LogP contribution in [0.25, 0.3) is 16.7 Å². The minimum absolute atomic E-state index is 0.0111. The molecule has 0 saturated heterocycles. The summed E-state index contributed by atoms with van der Waals surface area (Å²) in [5.41, 5.74) is 4.00. The molecule has 2 aromatic heterocycles. The molecule has 5 heteroatoms. The fraction of sp³-hybridized carbons (Fsp3) is 0.200. The zero-order valence-corrected chi connectivity index (χ0v) is 17.5. The Labute approximate surface area is 176 Å².